The molecule has 3 fully saturated rings. The molecule has 1 amide bonds. The summed E-state index contributed by atoms with van der Waals surface area (Å²) < 4.78 is 0. The van der Waals surface area contributed by atoms with Crippen molar-refractivity contribution in [1.29, 1.82) is 0 Å². The standard InChI is InChI=1S/C22H28N2O3/c25-21(19-17-8-9-18(15-17)20(19)22(26)27)24-13-11-23(12-14-24)10-4-7-16-5-2-1-3-6-16/h1-7,17-20H,8-15H2,(H,26,27)/b7-4+/t17-,18-,19-,20-/m0/s1. The zero-order valence-electron chi connectivity index (χ0n) is 15.7. The Morgan fingerprint density at radius 3 is 2.33 bits per heavy atom. The quantitative estimate of drug-likeness (QED) is 0.868. The van der Waals surface area contributed by atoms with Crippen LogP contribution in [-0.4, -0.2) is 59.5 Å². The Morgan fingerprint density at radius 2 is 1.67 bits per heavy atom. The Labute approximate surface area is 160 Å². The second-order valence-corrected chi connectivity index (χ2v) is 8.16. The van der Waals surface area contributed by atoms with Crippen LogP contribution < -0.4 is 0 Å². The normalized spacial score (nSPS) is 30.9. The molecule has 0 radical (unpaired) electrons. The summed E-state index contributed by atoms with van der Waals surface area (Å²) in [5.74, 6) is -0.922. The number of piperazine rings is 1. The molecule has 0 unspecified atom stereocenters. The van der Waals surface area contributed by atoms with Gasteiger partial charge in [0.1, 0.15) is 0 Å². The van der Waals surface area contributed by atoms with Gasteiger partial charge in [-0.1, -0.05) is 42.5 Å². The molecule has 1 aliphatic heterocycles. The van der Waals surface area contributed by atoms with Crippen LogP contribution in [0.5, 0.6) is 0 Å². The van der Waals surface area contributed by atoms with Gasteiger partial charge in [0.15, 0.2) is 0 Å². The van der Waals surface area contributed by atoms with Gasteiger partial charge in [-0.15, -0.1) is 0 Å². The SMILES string of the molecule is O=C(O)[C@H]1[C@H]2CC[C@@H](C2)[C@@H]1C(=O)N1CCN(C/C=C/c2ccccc2)CC1. The van der Waals surface area contributed by atoms with E-state index in [9.17, 15) is 14.7 Å². The number of aliphatic carboxylic acids is 1. The average Bonchev–Trinajstić information content (AvgIpc) is 3.30. The second-order valence-electron chi connectivity index (χ2n) is 8.16. The van der Waals surface area contributed by atoms with Crippen molar-refractivity contribution in [1.82, 2.24) is 9.80 Å². The number of fused-ring (bicyclic) bond motifs is 2. The molecule has 144 valence electrons. The zero-order valence-corrected chi connectivity index (χ0v) is 15.7. The summed E-state index contributed by atoms with van der Waals surface area (Å²) in [5.41, 5.74) is 1.20. The Kier molecular flexibility index (Phi) is 5.30. The minimum absolute atomic E-state index is 0.0917. The van der Waals surface area contributed by atoms with Crippen molar-refractivity contribution in [2.45, 2.75) is 19.3 Å². The second kappa shape index (κ2) is 7.85. The molecule has 1 aromatic rings. The third-order valence-corrected chi connectivity index (χ3v) is 6.64. The molecule has 1 N–H and O–H groups in total. The molecule has 1 aromatic carbocycles. The first-order valence-corrected chi connectivity index (χ1v) is 10.1. The van der Waals surface area contributed by atoms with Crippen molar-refractivity contribution in [3.8, 4) is 0 Å². The number of nitrogens with zero attached hydrogens (tertiary/aromatic N) is 2. The lowest BCUT2D eigenvalue weighted by molar-refractivity contribution is -0.153. The molecule has 4 atom stereocenters. The molecular formula is C22H28N2O3. The highest BCUT2D eigenvalue weighted by molar-refractivity contribution is 5.86. The van der Waals surface area contributed by atoms with Crippen LogP contribution in [0.15, 0.2) is 36.4 Å². The van der Waals surface area contributed by atoms with Gasteiger partial charge >= 0.3 is 5.97 Å². The van der Waals surface area contributed by atoms with Gasteiger partial charge in [-0.2, -0.15) is 0 Å². The maximum atomic E-state index is 13.0. The molecule has 2 bridgehead atoms. The molecule has 4 rings (SSSR count). The van der Waals surface area contributed by atoms with E-state index in [-0.39, 0.29) is 23.7 Å². The zero-order chi connectivity index (χ0) is 18.8. The highest BCUT2D eigenvalue weighted by Gasteiger charge is 2.54. The van der Waals surface area contributed by atoms with Gasteiger partial charge in [0, 0.05) is 32.7 Å². The van der Waals surface area contributed by atoms with Crippen LogP contribution in [0.2, 0.25) is 0 Å². The van der Waals surface area contributed by atoms with Crippen LogP contribution in [0.4, 0.5) is 0 Å². The van der Waals surface area contributed by atoms with Crippen LogP contribution >= 0.6 is 0 Å². The lowest BCUT2D eigenvalue weighted by Crippen LogP contribution is -2.52. The molecule has 27 heavy (non-hydrogen) atoms. The number of carboxylic acid groups (broad SMARTS) is 1. The Bertz CT molecular complexity index is 710. The van der Waals surface area contributed by atoms with E-state index in [0.717, 1.165) is 38.9 Å². The number of benzene rings is 1. The summed E-state index contributed by atoms with van der Waals surface area (Å²) in [6, 6.07) is 10.2. The van der Waals surface area contributed by atoms with Crippen molar-refractivity contribution in [2.75, 3.05) is 32.7 Å². The molecule has 1 heterocycles. The predicted molar refractivity (Wildman–Crippen MR) is 104 cm³/mol. The fraction of sp³-hybridized carbons (Fsp3) is 0.545. The van der Waals surface area contributed by atoms with Crippen molar-refractivity contribution in [3.05, 3.63) is 42.0 Å². The first kappa shape index (κ1) is 18.2. The largest absolute Gasteiger partial charge is 0.481 e. The Hall–Kier alpha value is -2.14. The number of hydrogen-bond donors (Lipinski definition) is 1. The lowest BCUT2D eigenvalue weighted by atomic mass is 9.78. The molecule has 0 aromatic heterocycles. The average molecular weight is 368 g/mol. The van der Waals surface area contributed by atoms with Crippen LogP contribution in [-0.2, 0) is 9.59 Å². The van der Waals surface area contributed by atoms with Crippen LogP contribution in [0.1, 0.15) is 24.8 Å². The van der Waals surface area contributed by atoms with Gasteiger partial charge in [-0.05, 0) is 36.7 Å². The summed E-state index contributed by atoms with van der Waals surface area (Å²) in [5, 5.41) is 9.60. The maximum Gasteiger partial charge on any atom is 0.307 e. The minimum Gasteiger partial charge on any atom is -0.481 e. The monoisotopic (exact) mass is 368 g/mol. The minimum atomic E-state index is -0.773. The first-order valence-electron chi connectivity index (χ1n) is 10.1. The lowest BCUT2D eigenvalue weighted by Gasteiger charge is -2.38. The number of hydrogen-bond acceptors (Lipinski definition) is 3. The Morgan fingerprint density at radius 1 is 1.00 bits per heavy atom. The van der Waals surface area contributed by atoms with E-state index < -0.39 is 11.9 Å². The number of rotatable bonds is 5. The molecule has 0 spiro atoms. The van der Waals surface area contributed by atoms with Gasteiger partial charge in [0.25, 0.3) is 0 Å². The van der Waals surface area contributed by atoms with Crippen LogP contribution in [0.3, 0.4) is 0 Å². The fourth-order valence-corrected chi connectivity index (χ4v) is 5.27. The Balaban J connectivity index is 1.29. The molecule has 5 heteroatoms. The van der Waals surface area contributed by atoms with E-state index in [1.807, 2.05) is 23.1 Å². The molecule has 1 saturated heterocycles. The molecule has 3 aliphatic rings. The van der Waals surface area contributed by atoms with Crippen molar-refractivity contribution >= 4 is 18.0 Å². The van der Waals surface area contributed by atoms with Crippen molar-refractivity contribution in [3.63, 3.8) is 0 Å². The highest BCUT2D eigenvalue weighted by atomic mass is 16.4. The van der Waals surface area contributed by atoms with Gasteiger partial charge in [0.2, 0.25) is 5.91 Å². The summed E-state index contributed by atoms with van der Waals surface area (Å²) in [6.45, 7) is 3.99. The van der Waals surface area contributed by atoms with Gasteiger partial charge in [-0.3, -0.25) is 14.5 Å². The third kappa shape index (κ3) is 3.79. The topological polar surface area (TPSA) is 60.9 Å². The van der Waals surface area contributed by atoms with E-state index in [2.05, 4.69) is 29.2 Å². The van der Waals surface area contributed by atoms with E-state index >= 15 is 0 Å². The number of carbonyl (C=O) groups excluding carboxylic acids is 1. The predicted octanol–water partition coefficient (Wildman–Crippen LogP) is 2.59. The van der Waals surface area contributed by atoms with Crippen molar-refractivity contribution < 1.29 is 14.7 Å². The summed E-state index contributed by atoms with van der Waals surface area (Å²) in [7, 11) is 0. The van der Waals surface area contributed by atoms with E-state index in [1.165, 1.54) is 5.56 Å². The van der Waals surface area contributed by atoms with Gasteiger partial charge in [0.05, 0.1) is 11.8 Å². The number of carbonyl (C=O) groups is 2. The maximum absolute atomic E-state index is 13.0. The van der Waals surface area contributed by atoms with Gasteiger partial charge in [-0.25, -0.2) is 0 Å². The van der Waals surface area contributed by atoms with Crippen LogP contribution in [0.25, 0.3) is 6.08 Å². The number of amides is 1. The summed E-state index contributed by atoms with van der Waals surface area (Å²) in [4.78, 5) is 29.0. The van der Waals surface area contributed by atoms with Gasteiger partial charge < -0.3 is 10.0 Å². The van der Waals surface area contributed by atoms with E-state index in [0.29, 0.717) is 13.1 Å². The number of carboxylic acids is 1. The summed E-state index contributed by atoms with van der Waals surface area (Å²) in [6.07, 6.45) is 7.23. The third-order valence-electron chi connectivity index (χ3n) is 6.64. The van der Waals surface area contributed by atoms with E-state index in [4.69, 9.17) is 0 Å². The van der Waals surface area contributed by atoms with Crippen molar-refractivity contribution in [2.24, 2.45) is 23.7 Å². The molecule has 2 saturated carbocycles. The first-order chi connectivity index (χ1) is 13.1. The fourth-order valence-electron chi connectivity index (χ4n) is 5.27. The highest BCUT2D eigenvalue weighted by Crippen LogP contribution is 2.53. The molecule has 5 nitrogen and oxygen atoms in total. The van der Waals surface area contributed by atoms with E-state index in [1.54, 1.807) is 0 Å². The molecule has 2 aliphatic carbocycles. The molecular weight excluding hydrogens is 340 g/mol. The van der Waals surface area contributed by atoms with Crippen LogP contribution in [0, 0.1) is 23.7 Å². The smallest absolute Gasteiger partial charge is 0.307 e. The summed E-state index contributed by atoms with van der Waals surface area (Å²) >= 11 is 0.